The first kappa shape index (κ1) is 19.3. The van der Waals surface area contributed by atoms with E-state index in [9.17, 15) is 8.76 Å². The molecule has 3 atom stereocenters. The number of aromatic amines is 1. The van der Waals surface area contributed by atoms with E-state index in [4.69, 9.17) is 16.6 Å². The molecule has 148 valence electrons. The van der Waals surface area contributed by atoms with Crippen LogP contribution in [0.15, 0.2) is 36.7 Å². The van der Waals surface area contributed by atoms with Gasteiger partial charge in [0.1, 0.15) is 11.5 Å². The molecule has 1 fully saturated rings. The zero-order valence-electron chi connectivity index (χ0n) is 15.2. The number of anilines is 1. The molecule has 0 aromatic carbocycles. The van der Waals surface area contributed by atoms with Crippen LogP contribution < -0.4 is 10.0 Å². The van der Waals surface area contributed by atoms with E-state index in [0.717, 1.165) is 53.8 Å². The highest BCUT2D eigenvalue weighted by molar-refractivity contribution is 7.77. The molecular weight excluding hydrogens is 398 g/mol. The largest absolute Gasteiger partial charge is 0.760 e. The molecule has 1 aliphatic carbocycles. The quantitative estimate of drug-likeness (QED) is 0.530. The maximum absolute atomic E-state index is 10.7. The first-order valence-electron chi connectivity index (χ1n) is 9.28. The lowest BCUT2D eigenvalue weighted by Gasteiger charge is -2.30. The third kappa shape index (κ3) is 4.52. The summed E-state index contributed by atoms with van der Waals surface area (Å²) < 4.78 is 24.0. The summed E-state index contributed by atoms with van der Waals surface area (Å²) in [5, 5.41) is 5.10. The third-order valence-corrected chi connectivity index (χ3v) is 5.76. The second-order valence-corrected chi connectivity index (χ2v) is 8.31. The number of aromatic nitrogens is 3. The predicted octanol–water partition coefficient (Wildman–Crippen LogP) is 3.63. The molecule has 3 unspecified atom stereocenters. The Hall–Kier alpha value is -2.00. The zero-order chi connectivity index (χ0) is 19.5. The Morgan fingerprint density at radius 1 is 1.36 bits per heavy atom. The molecule has 3 N–H and O–H groups in total. The Morgan fingerprint density at radius 3 is 3.11 bits per heavy atom. The van der Waals surface area contributed by atoms with Crippen molar-refractivity contribution < 1.29 is 8.76 Å². The van der Waals surface area contributed by atoms with Gasteiger partial charge in [-0.15, -0.1) is 0 Å². The Bertz CT molecular complexity index is 995. The lowest BCUT2D eigenvalue weighted by atomic mass is 9.86. The van der Waals surface area contributed by atoms with E-state index in [1.54, 1.807) is 6.20 Å². The van der Waals surface area contributed by atoms with Gasteiger partial charge in [0.2, 0.25) is 0 Å². The van der Waals surface area contributed by atoms with Gasteiger partial charge < -0.3 is 14.9 Å². The normalized spacial score (nSPS) is 20.9. The van der Waals surface area contributed by atoms with Gasteiger partial charge in [-0.1, -0.05) is 18.0 Å². The van der Waals surface area contributed by atoms with Crippen molar-refractivity contribution in [2.24, 2.45) is 5.92 Å². The van der Waals surface area contributed by atoms with Crippen LogP contribution in [0.4, 0.5) is 5.82 Å². The number of nitrogens with zero attached hydrogens (tertiary/aromatic N) is 2. The summed E-state index contributed by atoms with van der Waals surface area (Å²) in [6.45, 7) is 0.477. The maximum atomic E-state index is 10.7. The van der Waals surface area contributed by atoms with Crippen molar-refractivity contribution in [3.8, 4) is 11.3 Å². The molecule has 28 heavy (non-hydrogen) atoms. The summed E-state index contributed by atoms with van der Waals surface area (Å²) in [5.41, 5.74) is 2.55. The minimum Gasteiger partial charge on any atom is -0.760 e. The fraction of sp³-hybridized carbons (Fsp3) is 0.368. The van der Waals surface area contributed by atoms with Crippen LogP contribution in [0.5, 0.6) is 0 Å². The summed E-state index contributed by atoms with van der Waals surface area (Å²) in [6.07, 6.45) is 7.64. The third-order valence-electron chi connectivity index (χ3n) is 5.14. The molecule has 0 radical (unpaired) electrons. The van der Waals surface area contributed by atoms with Crippen LogP contribution in [-0.2, 0) is 11.3 Å². The zero-order valence-corrected chi connectivity index (χ0v) is 16.7. The van der Waals surface area contributed by atoms with Crippen LogP contribution in [-0.4, -0.2) is 36.3 Å². The summed E-state index contributed by atoms with van der Waals surface area (Å²) in [5.74, 6) is 1.05. The van der Waals surface area contributed by atoms with Gasteiger partial charge in [0.15, 0.2) is 0 Å². The van der Waals surface area contributed by atoms with Crippen molar-refractivity contribution in [3.05, 3.63) is 41.7 Å². The van der Waals surface area contributed by atoms with Crippen LogP contribution >= 0.6 is 11.6 Å². The van der Waals surface area contributed by atoms with Crippen LogP contribution in [0.25, 0.3) is 22.3 Å². The highest BCUT2D eigenvalue weighted by Gasteiger charge is 2.22. The monoisotopic (exact) mass is 418 g/mol. The smallest absolute Gasteiger partial charge is 0.137 e. The van der Waals surface area contributed by atoms with E-state index in [1.807, 2.05) is 30.5 Å². The highest BCUT2D eigenvalue weighted by Crippen LogP contribution is 2.31. The topological polar surface area (TPSA) is 106 Å². The van der Waals surface area contributed by atoms with Crippen LogP contribution in [0.2, 0.25) is 5.02 Å². The number of pyridine rings is 2. The first-order chi connectivity index (χ1) is 13.6. The molecule has 7 nitrogen and oxygen atoms in total. The van der Waals surface area contributed by atoms with Gasteiger partial charge >= 0.3 is 0 Å². The van der Waals surface area contributed by atoms with Crippen molar-refractivity contribution in [2.45, 2.75) is 31.7 Å². The molecule has 3 aromatic rings. The molecule has 1 aliphatic rings. The second-order valence-electron chi connectivity index (χ2n) is 7.11. The van der Waals surface area contributed by atoms with E-state index in [2.05, 4.69) is 20.0 Å². The number of hydrogen-bond donors (Lipinski definition) is 3. The summed E-state index contributed by atoms with van der Waals surface area (Å²) >= 11 is 4.15. The first-order valence-corrected chi connectivity index (χ1v) is 10.7. The predicted molar refractivity (Wildman–Crippen MR) is 111 cm³/mol. The SMILES string of the molecule is O=S([O-])NCC1CCCC(Nc2cc(Cl)cc(-c3c[nH]c4ncccc34)n2)C1. The van der Waals surface area contributed by atoms with E-state index >= 15 is 0 Å². The van der Waals surface area contributed by atoms with Gasteiger partial charge in [0.25, 0.3) is 0 Å². The van der Waals surface area contributed by atoms with Crippen molar-refractivity contribution >= 4 is 39.7 Å². The fourth-order valence-corrected chi connectivity index (χ4v) is 4.46. The maximum Gasteiger partial charge on any atom is 0.137 e. The highest BCUT2D eigenvalue weighted by atomic mass is 35.5. The van der Waals surface area contributed by atoms with Gasteiger partial charge in [-0.05, 0) is 49.4 Å². The van der Waals surface area contributed by atoms with Gasteiger partial charge in [0.05, 0.1) is 5.69 Å². The standard InChI is InChI=1S/C19H22ClN5O2S/c20-13-8-17(16-11-22-19-15(16)5-2-6-21-19)25-18(9-13)24-14-4-1-3-12(7-14)10-23-28(26)27/h2,5-6,8-9,11-12,14,23H,1,3-4,7,10H2,(H,21,22)(H,24,25)(H,26,27)/p-1. The van der Waals surface area contributed by atoms with Crippen LogP contribution in [0.3, 0.4) is 0 Å². The van der Waals surface area contributed by atoms with Crippen LogP contribution in [0, 0.1) is 5.92 Å². The molecule has 3 aromatic heterocycles. The van der Waals surface area contributed by atoms with Gasteiger partial charge in [-0.25, -0.2) is 14.7 Å². The van der Waals surface area contributed by atoms with Crippen molar-refractivity contribution in [1.29, 1.82) is 0 Å². The molecule has 0 bridgehead atoms. The minimum atomic E-state index is -2.21. The Balaban J connectivity index is 1.52. The van der Waals surface area contributed by atoms with E-state index in [0.29, 0.717) is 17.5 Å². The lowest BCUT2D eigenvalue weighted by molar-refractivity contribution is 0.333. The molecular formula is C19H21ClN5O2S-. The second kappa shape index (κ2) is 8.57. The lowest BCUT2D eigenvalue weighted by Crippen LogP contribution is -2.33. The van der Waals surface area contributed by atoms with Gasteiger partial charge in [0, 0.05) is 52.2 Å². The average molecular weight is 419 g/mol. The van der Waals surface area contributed by atoms with Crippen molar-refractivity contribution in [2.75, 3.05) is 11.9 Å². The summed E-state index contributed by atoms with van der Waals surface area (Å²) in [7, 11) is 0. The number of nitrogens with one attached hydrogen (secondary N) is 3. The van der Waals surface area contributed by atoms with Crippen molar-refractivity contribution in [1.82, 2.24) is 19.7 Å². The van der Waals surface area contributed by atoms with E-state index in [1.165, 1.54) is 0 Å². The molecule has 0 spiro atoms. The number of H-pyrrole nitrogens is 1. The summed E-state index contributed by atoms with van der Waals surface area (Å²) in [6, 6.07) is 7.81. The fourth-order valence-electron chi connectivity index (χ4n) is 3.88. The van der Waals surface area contributed by atoms with E-state index in [-0.39, 0.29) is 6.04 Å². The Labute approximate surface area is 170 Å². The minimum absolute atomic E-state index is 0.240. The Morgan fingerprint density at radius 2 is 2.25 bits per heavy atom. The molecule has 0 saturated heterocycles. The molecule has 9 heteroatoms. The van der Waals surface area contributed by atoms with Crippen LogP contribution in [0.1, 0.15) is 25.7 Å². The molecule has 4 rings (SSSR count). The number of hydrogen-bond acceptors (Lipinski definition) is 5. The number of halogens is 1. The van der Waals surface area contributed by atoms with Gasteiger partial charge in [-0.3, -0.25) is 4.21 Å². The molecule has 1 saturated carbocycles. The van der Waals surface area contributed by atoms with Gasteiger partial charge in [-0.2, -0.15) is 0 Å². The number of rotatable bonds is 6. The van der Waals surface area contributed by atoms with Crippen molar-refractivity contribution in [3.63, 3.8) is 0 Å². The average Bonchev–Trinajstić information content (AvgIpc) is 3.10. The Kier molecular flexibility index (Phi) is 5.91. The summed E-state index contributed by atoms with van der Waals surface area (Å²) in [4.78, 5) is 12.2. The molecule has 3 heterocycles. The van der Waals surface area contributed by atoms with E-state index < -0.39 is 11.3 Å². The number of fused-ring (bicyclic) bond motifs is 1. The molecule has 0 amide bonds. The molecule has 0 aliphatic heterocycles.